The largest absolute Gasteiger partial charge is 0.462 e. The Kier molecular flexibility index (Phi) is 5.85. The van der Waals surface area contributed by atoms with Crippen LogP contribution in [0.5, 0.6) is 0 Å². The normalized spacial score (nSPS) is 19.7. The van der Waals surface area contributed by atoms with Gasteiger partial charge >= 0.3 is 5.97 Å². The summed E-state index contributed by atoms with van der Waals surface area (Å²) in [6, 6.07) is 9.09. The van der Waals surface area contributed by atoms with Crippen molar-refractivity contribution in [3.05, 3.63) is 54.0 Å². The number of rotatable bonds is 5. The van der Waals surface area contributed by atoms with Gasteiger partial charge in [0.25, 0.3) is 11.8 Å². The number of amides is 3. The van der Waals surface area contributed by atoms with Crippen molar-refractivity contribution in [2.45, 2.75) is 19.4 Å². The maximum Gasteiger partial charge on any atom is 0.338 e. The summed E-state index contributed by atoms with van der Waals surface area (Å²) in [7, 11) is 0. The third-order valence-electron chi connectivity index (χ3n) is 5.70. The summed E-state index contributed by atoms with van der Waals surface area (Å²) < 4.78 is 10.1. The van der Waals surface area contributed by atoms with Crippen LogP contribution in [-0.4, -0.2) is 67.4 Å². The zero-order valence-corrected chi connectivity index (χ0v) is 17.2. The van der Waals surface area contributed by atoms with Gasteiger partial charge in [0.2, 0.25) is 5.91 Å². The van der Waals surface area contributed by atoms with E-state index in [4.69, 9.17) is 9.15 Å². The Hall–Kier alpha value is -3.46. The number of furan rings is 1. The number of carbonyl (C=O) groups is 4. The van der Waals surface area contributed by atoms with E-state index in [9.17, 15) is 19.2 Å². The van der Waals surface area contributed by atoms with Crippen molar-refractivity contribution in [2.75, 3.05) is 37.7 Å². The molecule has 1 atom stereocenters. The lowest BCUT2D eigenvalue weighted by Crippen LogP contribution is -3.19. The van der Waals surface area contributed by atoms with Gasteiger partial charge < -0.3 is 19.0 Å². The molecule has 3 heterocycles. The van der Waals surface area contributed by atoms with Crippen LogP contribution >= 0.6 is 0 Å². The SMILES string of the molecule is CCOC(=O)c1ccc(N2C(=O)C[C@@H]([NH+]3CCN(C(=O)c4ccco4)CC3)C2=O)cc1. The number of esters is 1. The fraction of sp³-hybridized carbons (Fsp3) is 0.364. The Morgan fingerprint density at radius 1 is 1.13 bits per heavy atom. The highest BCUT2D eigenvalue weighted by molar-refractivity contribution is 6.22. The topological polar surface area (TPSA) is 102 Å². The highest BCUT2D eigenvalue weighted by Gasteiger charge is 2.46. The van der Waals surface area contributed by atoms with Crippen LogP contribution in [0.25, 0.3) is 0 Å². The summed E-state index contributed by atoms with van der Waals surface area (Å²) in [5, 5.41) is 0. The Balaban J connectivity index is 1.40. The Morgan fingerprint density at radius 2 is 1.84 bits per heavy atom. The van der Waals surface area contributed by atoms with Crippen molar-refractivity contribution in [2.24, 2.45) is 0 Å². The van der Waals surface area contributed by atoms with Crippen molar-refractivity contribution in [1.29, 1.82) is 0 Å². The van der Waals surface area contributed by atoms with Gasteiger partial charge in [-0.25, -0.2) is 9.69 Å². The lowest BCUT2D eigenvalue weighted by atomic mass is 10.1. The number of quaternary nitrogens is 1. The van der Waals surface area contributed by atoms with Crippen molar-refractivity contribution in [1.82, 2.24) is 4.90 Å². The molecule has 9 heteroatoms. The van der Waals surface area contributed by atoms with Crippen molar-refractivity contribution in [3.63, 3.8) is 0 Å². The first kappa shape index (κ1) is 20.8. The van der Waals surface area contributed by atoms with Crippen LogP contribution in [0, 0.1) is 0 Å². The van der Waals surface area contributed by atoms with E-state index < -0.39 is 12.0 Å². The van der Waals surface area contributed by atoms with Crippen molar-refractivity contribution < 1.29 is 33.2 Å². The predicted octanol–water partition coefficient (Wildman–Crippen LogP) is 0.129. The molecular formula is C22H24N3O6+. The number of nitrogens with one attached hydrogen (secondary N) is 1. The van der Waals surface area contributed by atoms with Gasteiger partial charge in [0, 0.05) is 0 Å². The molecule has 0 bridgehead atoms. The van der Waals surface area contributed by atoms with E-state index in [-0.39, 0.29) is 30.7 Å². The molecule has 9 nitrogen and oxygen atoms in total. The summed E-state index contributed by atoms with van der Waals surface area (Å²) in [5.41, 5.74) is 0.806. The van der Waals surface area contributed by atoms with Gasteiger partial charge in [-0.15, -0.1) is 0 Å². The zero-order valence-electron chi connectivity index (χ0n) is 17.2. The minimum atomic E-state index is -0.474. The number of anilines is 1. The Morgan fingerprint density at radius 3 is 2.45 bits per heavy atom. The maximum atomic E-state index is 13.0. The van der Waals surface area contributed by atoms with E-state index >= 15 is 0 Å². The zero-order chi connectivity index (χ0) is 22.0. The highest BCUT2D eigenvalue weighted by atomic mass is 16.5. The molecule has 2 aliphatic rings. The average molecular weight is 426 g/mol. The molecule has 0 saturated carbocycles. The summed E-state index contributed by atoms with van der Waals surface area (Å²) in [6.45, 7) is 4.12. The molecule has 2 fully saturated rings. The number of ether oxygens (including phenoxy) is 1. The average Bonchev–Trinajstić information content (AvgIpc) is 3.42. The molecule has 0 aliphatic carbocycles. The van der Waals surface area contributed by atoms with Gasteiger partial charge in [-0.1, -0.05) is 0 Å². The van der Waals surface area contributed by atoms with Crippen LogP contribution in [0.3, 0.4) is 0 Å². The van der Waals surface area contributed by atoms with Crippen molar-refractivity contribution in [3.8, 4) is 0 Å². The summed E-state index contributed by atoms with van der Waals surface area (Å²) in [4.78, 5) is 53.8. The Bertz CT molecular complexity index is 977. The first-order chi connectivity index (χ1) is 15.0. The molecule has 31 heavy (non-hydrogen) atoms. The van der Waals surface area contributed by atoms with Gasteiger partial charge in [-0.05, 0) is 43.3 Å². The fourth-order valence-electron chi connectivity index (χ4n) is 4.08. The molecule has 2 aliphatic heterocycles. The number of benzene rings is 1. The molecule has 0 radical (unpaired) electrons. The number of hydrogen-bond donors (Lipinski definition) is 1. The van der Waals surface area contributed by atoms with Crippen LogP contribution in [0.2, 0.25) is 0 Å². The van der Waals surface area contributed by atoms with Crippen LogP contribution in [0.1, 0.15) is 34.3 Å². The van der Waals surface area contributed by atoms with Crippen LogP contribution in [0.15, 0.2) is 47.1 Å². The second-order valence-corrected chi connectivity index (χ2v) is 7.52. The minimum Gasteiger partial charge on any atom is -0.462 e. The predicted molar refractivity (Wildman–Crippen MR) is 109 cm³/mol. The first-order valence-electron chi connectivity index (χ1n) is 10.3. The molecule has 0 unspecified atom stereocenters. The van der Waals surface area contributed by atoms with Gasteiger partial charge in [0.1, 0.15) is 0 Å². The van der Waals surface area contributed by atoms with E-state index in [2.05, 4.69) is 0 Å². The van der Waals surface area contributed by atoms with E-state index in [1.54, 1.807) is 48.2 Å². The number of hydrogen-bond acceptors (Lipinski definition) is 6. The van der Waals surface area contributed by atoms with E-state index in [1.807, 2.05) is 0 Å². The molecule has 2 aromatic rings. The molecule has 3 amide bonds. The molecular weight excluding hydrogens is 402 g/mol. The smallest absolute Gasteiger partial charge is 0.338 e. The molecule has 2 saturated heterocycles. The van der Waals surface area contributed by atoms with E-state index in [1.165, 1.54) is 11.2 Å². The van der Waals surface area contributed by atoms with Crippen LogP contribution in [-0.2, 0) is 14.3 Å². The number of imide groups is 1. The molecule has 162 valence electrons. The summed E-state index contributed by atoms with van der Waals surface area (Å²) in [5.74, 6) is -0.832. The van der Waals surface area contributed by atoms with Gasteiger partial charge in [0.05, 0.1) is 56.7 Å². The van der Waals surface area contributed by atoms with Gasteiger partial charge in [-0.2, -0.15) is 0 Å². The number of nitrogens with zero attached hydrogens (tertiary/aromatic N) is 2. The third-order valence-corrected chi connectivity index (χ3v) is 5.70. The molecule has 1 aromatic carbocycles. The fourth-order valence-corrected chi connectivity index (χ4v) is 4.08. The molecule has 1 N–H and O–H groups in total. The molecule has 0 spiro atoms. The quantitative estimate of drug-likeness (QED) is 0.539. The van der Waals surface area contributed by atoms with Crippen molar-refractivity contribution >= 4 is 29.4 Å². The van der Waals surface area contributed by atoms with Crippen LogP contribution in [0.4, 0.5) is 5.69 Å². The molecule has 4 rings (SSSR count). The second-order valence-electron chi connectivity index (χ2n) is 7.52. The Labute approximate surface area is 179 Å². The number of carbonyl (C=O) groups excluding carboxylic acids is 4. The number of piperazine rings is 1. The monoisotopic (exact) mass is 426 g/mol. The second kappa shape index (κ2) is 8.73. The molecule has 1 aromatic heterocycles. The van der Waals surface area contributed by atoms with Crippen LogP contribution < -0.4 is 9.80 Å². The third kappa shape index (κ3) is 4.09. The summed E-state index contributed by atoms with van der Waals surface area (Å²) >= 11 is 0. The van der Waals surface area contributed by atoms with E-state index in [0.717, 1.165) is 4.90 Å². The maximum absolute atomic E-state index is 13.0. The standard InChI is InChI=1S/C22H23N3O6/c1-2-30-22(29)15-5-7-16(8-6-15)25-19(26)14-17(20(25)27)23-9-11-24(12-10-23)21(28)18-4-3-13-31-18/h3-8,13,17H,2,9-12,14H2,1H3/p+1/t17-/m1/s1. The lowest BCUT2D eigenvalue weighted by molar-refractivity contribution is -0.918. The minimum absolute atomic E-state index is 0.125. The summed E-state index contributed by atoms with van der Waals surface area (Å²) in [6.07, 6.45) is 1.59. The van der Waals surface area contributed by atoms with Gasteiger partial charge in [0.15, 0.2) is 11.8 Å². The highest BCUT2D eigenvalue weighted by Crippen LogP contribution is 2.23. The lowest BCUT2D eigenvalue weighted by Gasteiger charge is -2.34. The first-order valence-corrected chi connectivity index (χ1v) is 10.3. The van der Waals surface area contributed by atoms with E-state index in [0.29, 0.717) is 43.2 Å². The van der Waals surface area contributed by atoms with Gasteiger partial charge in [-0.3, -0.25) is 14.4 Å².